The number of carbonyl (C=O) groups is 2. The first-order chi connectivity index (χ1) is 9.27. The molecule has 0 aliphatic carbocycles. The van der Waals surface area contributed by atoms with Crippen LogP contribution < -0.4 is 0 Å². The summed E-state index contributed by atoms with van der Waals surface area (Å²) in [4.78, 5) is 27.4. The minimum absolute atomic E-state index is 0.0786. The molecular formula is C10H18N4O6. The lowest BCUT2D eigenvalue weighted by molar-refractivity contribution is -0.0732. The highest BCUT2D eigenvalue weighted by molar-refractivity contribution is 5.78. The van der Waals surface area contributed by atoms with Gasteiger partial charge in [-0.25, -0.2) is 9.59 Å². The molecular weight excluding hydrogens is 272 g/mol. The summed E-state index contributed by atoms with van der Waals surface area (Å²) in [6.45, 7) is -0.157. The van der Waals surface area contributed by atoms with E-state index in [4.69, 9.17) is 0 Å². The summed E-state index contributed by atoms with van der Waals surface area (Å²) < 4.78 is 0. The lowest BCUT2D eigenvalue weighted by atomic mass is 10.4. The van der Waals surface area contributed by atoms with Gasteiger partial charge in [0.05, 0.1) is 0 Å². The number of aliphatic hydroxyl groups excluding tert-OH is 4. The van der Waals surface area contributed by atoms with E-state index in [-0.39, 0.29) is 13.1 Å². The Bertz CT molecular complexity index is 383. The third-order valence-electron chi connectivity index (χ3n) is 3.64. The maximum atomic E-state index is 11.7. The topological polar surface area (TPSA) is 128 Å². The fourth-order valence-electron chi connectivity index (χ4n) is 2.25. The predicted molar refractivity (Wildman–Crippen MR) is 63.8 cm³/mol. The van der Waals surface area contributed by atoms with Crippen LogP contribution in [0.15, 0.2) is 0 Å². The molecule has 0 aromatic heterocycles. The maximum absolute atomic E-state index is 11.7. The molecule has 114 valence electrons. The molecule has 2 aliphatic rings. The minimum atomic E-state index is -1.40. The summed E-state index contributed by atoms with van der Waals surface area (Å²) in [5, 5.41) is 38.4. The Kier molecular flexibility index (Phi) is 3.73. The second kappa shape index (κ2) is 5.05. The van der Waals surface area contributed by atoms with Gasteiger partial charge in [-0.3, -0.25) is 19.6 Å². The Morgan fingerprint density at radius 2 is 1.05 bits per heavy atom. The lowest BCUT2D eigenvalue weighted by Crippen LogP contribution is -2.45. The monoisotopic (exact) mass is 290 g/mol. The summed E-state index contributed by atoms with van der Waals surface area (Å²) in [6, 6.07) is -1.17. The second-order valence-electron chi connectivity index (χ2n) is 4.83. The number of aliphatic hydroxyl groups is 4. The molecule has 2 aliphatic heterocycles. The van der Waals surface area contributed by atoms with Crippen molar-refractivity contribution >= 4 is 12.1 Å². The number of hydrogen-bond acceptors (Lipinski definition) is 6. The van der Waals surface area contributed by atoms with Gasteiger partial charge >= 0.3 is 12.1 Å². The zero-order valence-electron chi connectivity index (χ0n) is 11.1. The molecule has 4 amide bonds. The Morgan fingerprint density at radius 1 is 0.750 bits per heavy atom. The fourth-order valence-corrected chi connectivity index (χ4v) is 2.25. The zero-order chi connectivity index (χ0) is 15.2. The summed E-state index contributed by atoms with van der Waals surface area (Å²) in [5.74, 6) is 0. The highest BCUT2D eigenvalue weighted by Crippen LogP contribution is 2.20. The Balaban J connectivity index is 1.99. The largest absolute Gasteiger partial charge is 0.369 e. The third-order valence-corrected chi connectivity index (χ3v) is 3.64. The SMILES string of the molecule is CN1C(=O)N(CCN2C(=O)N(C)C(O)C2O)C(O)C1O. The summed E-state index contributed by atoms with van der Waals surface area (Å²) in [7, 11) is 2.67. The maximum Gasteiger partial charge on any atom is 0.324 e. The smallest absolute Gasteiger partial charge is 0.324 e. The van der Waals surface area contributed by atoms with Gasteiger partial charge in [0.2, 0.25) is 0 Å². The lowest BCUT2D eigenvalue weighted by Gasteiger charge is -2.24. The average Bonchev–Trinajstić information content (AvgIpc) is 2.72. The Morgan fingerprint density at radius 3 is 1.25 bits per heavy atom. The van der Waals surface area contributed by atoms with E-state index in [9.17, 15) is 30.0 Å². The van der Waals surface area contributed by atoms with Gasteiger partial charge in [0, 0.05) is 27.2 Å². The molecule has 0 aromatic carbocycles. The molecule has 0 radical (unpaired) electrons. The number of likely N-dealkylation sites (N-methyl/N-ethyl adjacent to an activating group) is 2. The van der Waals surface area contributed by atoms with Crippen molar-refractivity contribution in [2.75, 3.05) is 27.2 Å². The van der Waals surface area contributed by atoms with Crippen molar-refractivity contribution in [1.82, 2.24) is 19.6 Å². The zero-order valence-corrected chi connectivity index (χ0v) is 11.1. The van der Waals surface area contributed by atoms with Gasteiger partial charge in [-0.2, -0.15) is 0 Å². The first-order valence-corrected chi connectivity index (χ1v) is 6.06. The second-order valence-corrected chi connectivity index (χ2v) is 4.83. The van der Waals surface area contributed by atoms with E-state index in [2.05, 4.69) is 0 Å². The van der Waals surface area contributed by atoms with Gasteiger partial charge in [0.15, 0.2) is 24.9 Å². The molecule has 2 rings (SSSR count). The van der Waals surface area contributed by atoms with Crippen molar-refractivity contribution in [3.8, 4) is 0 Å². The van der Waals surface area contributed by atoms with Gasteiger partial charge in [0.25, 0.3) is 0 Å². The summed E-state index contributed by atoms with van der Waals surface area (Å²) >= 11 is 0. The molecule has 2 saturated heterocycles. The fraction of sp³-hybridized carbons (Fsp3) is 0.800. The van der Waals surface area contributed by atoms with Crippen LogP contribution in [0.25, 0.3) is 0 Å². The molecule has 4 N–H and O–H groups in total. The van der Waals surface area contributed by atoms with E-state index >= 15 is 0 Å². The molecule has 0 saturated carbocycles. The quantitative estimate of drug-likeness (QED) is 0.438. The van der Waals surface area contributed by atoms with E-state index in [0.29, 0.717) is 0 Å². The highest BCUT2D eigenvalue weighted by atomic mass is 16.4. The van der Waals surface area contributed by atoms with Crippen LogP contribution in [0.2, 0.25) is 0 Å². The van der Waals surface area contributed by atoms with E-state index in [1.54, 1.807) is 0 Å². The predicted octanol–water partition coefficient (Wildman–Crippen LogP) is -3.01. The van der Waals surface area contributed by atoms with Crippen LogP contribution in [-0.2, 0) is 0 Å². The standard InChI is InChI=1S/C10H18N4O6/c1-11-5(15)7(17)13(9(11)19)3-4-14-8(18)6(16)12(2)10(14)20/h5-8,15-18H,3-4H2,1-2H3. The van der Waals surface area contributed by atoms with Crippen molar-refractivity contribution in [3.05, 3.63) is 0 Å². The summed E-state index contributed by atoms with van der Waals surface area (Å²) in [6.07, 6.45) is -5.47. The van der Waals surface area contributed by atoms with Crippen molar-refractivity contribution in [1.29, 1.82) is 0 Å². The van der Waals surface area contributed by atoms with Crippen LogP contribution in [-0.4, -0.2) is 104 Å². The number of carbonyl (C=O) groups excluding carboxylic acids is 2. The van der Waals surface area contributed by atoms with Crippen molar-refractivity contribution in [3.63, 3.8) is 0 Å². The van der Waals surface area contributed by atoms with Gasteiger partial charge < -0.3 is 20.4 Å². The number of nitrogens with zero attached hydrogens (tertiary/aromatic N) is 4. The third kappa shape index (κ3) is 2.06. The highest BCUT2D eigenvalue weighted by Gasteiger charge is 2.45. The minimum Gasteiger partial charge on any atom is -0.369 e. The van der Waals surface area contributed by atoms with E-state index in [1.807, 2.05) is 0 Å². The van der Waals surface area contributed by atoms with E-state index in [1.165, 1.54) is 14.1 Å². The van der Waals surface area contributed by atoms with E-state index < -0.39 is 37.0 Å². The molecule has 0 spiro atoms. The molecule has 0 aromatic rings. The molecule has 4 atom stereocenters. The first-order valence-electron chi connectivity index (χ1n) is 6.06. The average molecular weight is 290 g/mol. The molecule has 4 unspecified atom stereocenters. The van der Waals surface area contributed by atoms with Crippen molar-refractivity contribution in [2.24, 2.45) is 0 Å². The Hall–Kier alpha value is -1.62. The van der Waals surface area contributed by atoms with Crippen molar-refractivity contribution in [2.45, 2.75) is 24.9 Å². The molecule has 2 fully saturated rings. The molecule has 10 nitrogen and oxygen atoms in total. The van der Waals surface area contributed by atoms with Crippen LogP contribution in [0.4, 0.5) is 9.59 Å². The first kappa shape index (κ1) is 14.8. The molecule has 20 heavy (non-hydrogen) atoms. The van der Waals surface area contributed by atoms with Crippen LogP contribution >= 0.6 is 0 Å². The summed E-state index contributed by atoms with van der Waals surface area (Å²) in [5.41, 5.74) is 0. The van der Waals surface area contributed by atoms with Crippen LogP contribution in [0.5, 0.6) is 0 Å². The normalized spacial score (nSPS) is 34.7. The van der Waals surface area contributed by atoms with Gasteiger partial charge in [0.1, 0.15) is 0 Å². The Labute approximate surface area is 115 Å². The number of urea groups is 2. The number of rotatable bonds is 3. The van der Waals surface area contributed by atoms with Gasteiger partial charge in [-0.15, -0.1) is 0 Å². The molecule has 2 heterocycles. The van der Waals surface area contributed by atoms with Crippen LogP contribution in [0.3, 0.4) is 0 Å². The van der Waals surface area contributed by atoms with Crippen molar-refractivity contribution < 1.29 is 30.0 Å². The van der Waals surface area contributed by atoms with E-state index in [0.717, 1.165) is 19.6 Å². The molecule has 10 heteroatoms. The number of hydrogen-bond donors (Lipinski definition) is 4. The van der Waals surface area contributed by atoms with Crippen LogP contribution in [0, 0.1) is 0 Å². The molecule has 0 bridgehead atoms. The number of amides is 4. The van der Waals surface area contributed by atoms with Gasteiger partial charge in [-0.05, 0) is 0 Å². The van der Waals surface area contributed by atoms with Gasteiger partial charge in [-0.1, -0.05) is 0 Å². The van der Waals surface area contributed by atoms with Crippen LogP contribution in [0.1, 0.15) is 0 Å².